The Bertz CT molecular complexity index is 1290. The van der Waals surface area contributed by atoms with Crippen LogP contribution in [0, 0.1) is 6.92 Å². The van der Waals surface area contributed by atoms with E-state index in [2.05, 4.69) is 0 Å². The first-order valence-electron chi connectivity index (χ1n) is 10.8. The molecule has 172 valence electrons. The lowest BCUT2D eigenvalue weighted by molar-refractivity contribution is -0.117. The van der Waals surface area contributed by atoms with E-state index >= 15 is 0 Å². The zero-order chi connectivity index (χ0) is 24.2. The van der Waals surface area contributed by atoms with E-state index in [0.29, 0.717) is 22.7 Å². The average molecular weight is 456 g/mol. The highest BCUT2D eigenvalue weighted by Crippen LogP contribution is 2.45. The van der Waals surface area contributed by atoms with E-state index in [-0.39, 0.29) is 5.57 Å². The van der Waals surface area contributed by atoms with Gasteiger partial charge in [-0.1, -0.05) is 48.5 Å². The number of rotatable bonds is 7. The minimum atomic E-state index is -0.886. The van der Waals surface area contributed by atoms with Crippen molar-refractivity contribution < 1.29 is 24.2 Å². The van der Waals surface area contributed by atoms with E-state index in [9.17, 15) is 14.7 Å². The molecule has 0 aromatic heterocycles. The molecule has 6 heteroatoms. The highest BCUT2D eigenvalue weighted by atomic mass is 16.5. The van der Waals surface area contributed by atoms with Crippen molar-refractivity contribution in [3.8, 4) is 11.5 Å². The van der Waals surface area contributed by atoms with Gasteiger partial charge in [-0.25, -0.2) is 0 Å². The smallest absolute Gasteiger partial charge is 0.294 e. The highest BCUT2D eigenvalue weighted by Gasteiger charge is 2.45. The van der Waals surface area contributed by atoms with Crippen LogP contribution in [0.1, 0.15) is 22.7 Å². The number of ether oxygens (including phenoxy) is 2. The first kappa shape index (κ1) is 22.9. The summed E-state index contributed by atoms with van der Waals surface area (Å²) in [5, 5.41) is 10.9. The molecule has 1 aliphatic rings. The van der Waals surface area contributed by atoms with Crippen LogP contribution in [0.25, 0.3) is 6.08 Å². The normalized spacial score (nSPS) is 15.8. The van der Waals surface area contributed by atoms with Gasteiger partial charge in [-0.2, -0.15) is 0 Å². The molecule has 1 atom stereocenters. The van der Waals surface area contributed by atoms with E-state index < -0.39 is 23.5 Å². The summed E-state index contributed by atoms with van der Waals surface area (Å²) >= 11 is 0. The monoisotopic (exact) mass is 455 g/mol. The maximum atomic E-state index is 13.4. The number of hydrogen-bond donors (Lipinski definition) is 1. The quantitative estimate of drug-likeness (QED) is 0.496. The van der Waals surface area contributed by atoms with Crippen LogP contribution in [0.5, 0.6) is 11.5 Å². The second kappa shape index (κ2) is 9.67. The molecule has 1 heterocycles. The lowest BCUT2D eigenvalue weighted by Gasteiger charge is -2.28. The number of nitrogens with zero attached hydrogens (tertiary/aromatic N) is 1. The molecule has 1 amide bonds. The molecule has 0 bridgehead atoms. The Kier molecular flexibility index (Phi) is 6.50. The fourth-order valence-electron chi connectivity index (χ4n) is 4.07. The molecule has 6 nitrogen and oxygen atoms in total. The SMILES string of the molecule is COc1ccc(C2C(C(=O)/C=C/c3ccccc3)=C(O)C(=O)N2c2cccc(C)c2)c(OC)c1. The summed E-state index contributed by atoms with van der Waals surface area (Å²) in [5.74, 6) is -0.691. The molecular weight excluding hydrogens is 430 g/mol. The van der Waals surface area contributed by atoms with Crippen molar-refractivity contribution in [2.45, 2.75) is 13.0 Å². The molecule has 0 spiro atoms. The van der Waals surface area contributed by atoms with Gasteiger partial charge in [0.05, 0.1) is 25.8 Å². The van der Waals surface area contributed by atoms with Crippen LogP contribution < -0.4 is 14.4 Å². The molecule has 0 fully saturated rings. The Hall–Kier alpha value is -4.32. The Balaban J connectivity index is 1.85. The number of methoxy groups -OCH3 is 2. The number of allylic oxidation sites excluding steroid dienone is 1. The van der Waals surface area contributed by atoms with Gasteiger partial charge in [0, 0.05) is 17.3 Å². The van der Waals surface area contributed by atoms with E-state index in [4.69, 9.17) is 9.47 Å². The Labute approximate surface area is 198 Å². The summed E-state index contributed by atoms with van der Waals surface area (Å²) in [4.78, 5) is 28.1. The number of amides is 1. The van der Waals surface area contributed by atoms with Crippen molar-refractivity contribution in [1.29, 1.82) is 0 Å². The van der Waals surface area contributed by atoms with E-state index in [1.54, 1.807) is 37.5 Å². The van der Waals surface area contributed by atoms with Crippen LogP contribution in [-0.4, -0.2) is 31.0 Å². The maximum Gasteiger partial charge on any atom is 0.294 e. The molecule has 1 aliphatic heterocycles. The Morgan fingerprint density at radius 2 is 1.74 bits per heavy atom. The minimum absolute atomic E-state index is 0.0119. The summed E-state index contributed by atoms with van der Waals surface area (Å²) in [6.45, 7) is 1.91. The number of benzene rings is 3. The van der Waals surface area contributed by atoms with Crippen LogP contribution >= 0.6 is 0 Å². The largest absolute Gasteiger partial charge is 0.503 e. The molecular formula is C28H25NO5. The van der Waals surface area contributed by atoms with Crippen molar-refractivity contribution in [2.24, 2.45) is 0 Å². The topological polar surface area (TPSA) is 76.1 Å². The zero-order valence-electron chi connectivity index (χ0n) is 19.2. The van der Waals surface area contributed by atoms with Gasteiger partial charge in [-0.15, -0.1) is 0 Å². The molecule has 0 saturated heterocycles. The predicted octanol–water partition coefficient (Wildman–Crippen LogP) is 5.19. The summed E-state index contributed by atoms with van der Waals surface area (Å²) in [6.07, 6.45) is 3.03. The van der Waals surface area contributed by atoms with Crippen LogP contribution in [0.4, 0.5) is 5.69 Å². The first-order valence-corrected chi connectivity index (χ1v) is 10.8. The van der Waals surface area contributed by atoms with E-state index in [1.165, 1.54) is 18.1 Å². The van der Waals surface area contributed by atoms with Gasteiger partial charge in [0.25, 0.3) is 5.91 Å². The number of carbonyl (C=O) groups is 2. The van der Waals surface area contributed by atoms with Crippen molar-refractivity contribution in [3.63, 3.8) is 0 Å². The summed E-state index contributed by atoms with van der Waals surface area (Å²) in [7, 11) is 3.05. The molecule has 0 saturated carbocycles. The molecule has 1 N–H and O–H groups in total. The molecule has 3 aromatic carbocycles. The second-order valence-corrected chi connectivity index (χ2v) is 7.90. The summed E-state index contributed by atoms with van der Waals surface area (Å²) < 4.78 is 10.9. The third kappa shape index (κ3) is 4.30. The second-order valence-electron chi connectivity index (χ2n) is 7.90. The van der Waals surface area contributed by atoms with Gasteiger partial charge in [0.2, 0.25) is 0 Å². The molecule has 1 unspecified atom stereocenters. The van der Waals surface area contributed by atoms with Gasteiger partial charge in [-0.3, -0.25) is 14.5 Å². The molecule has 3 aromatic rings. The molecule has 4 rings (SSSR count). The minimum Gasteiger partial charge on any atom is -0.503 e. The van der Waals surface area contributed by atoms with Gasteiger partial charge < -0.3 is 14.6 Å². The number of aliphatic hydroxyl groups is 1. The van der Waals surface area contributed by atoms with Crippen LogP contribution in [0.2, 0.25) is 0 Å². The van der Waals surface area contributed by atoms with E-state index in [0.717, 1.165) is 11.1 Å². The Morgan fingerprint density at radius 3 is 2.41 bits per heavy atom. The van der Waals surface area contributed by atoms with E-state index in [1.807, 2.05) is 55.5 Å². The number of aryl methyl sites for hydroxylation is 1. The highest BCUT2D eigenvalue weighted by molar-refractivity contribution is 6.20. The fourth-order valence-corrected chi connectivity index (χ4v) is 4.07. The van der Waals surface area contributed by atoms with Crippen LogP contribution in [0.15, 0.2) is 90.2 Å². The number of hydrogen-bond acceptors (Lipinski definition) is 5. The third-order valence-electron chi connectivity index (χ3n) is 5.72. The lowest BCUT2D eigenvalue weighted by Crippen LogP contribution is -2.31. The molecule has 0 radical (unpaired) electrons. The standard InChI is InChI=1S/C28H25NO5/c1-18-8-7-11-20(16-18)29-26(22-14-13-21(33-2)17-24(22)34-3)25(27(31)28(29)32)23(30)15-12-19-9-5-4-6-10-19/h4-17,26,31H,1-3H3/b15-12+. The Morgan fingerprint density at radius 1 is 0.971 bits per heavy atom. The lowest BCUT2D eigenvalue weighted by atomic mass is 9.94. The number of carbonyl (C=O) groups excluding carboxylic acids is 2. The van der Waals surface area contributed by atoms with Gasteiger partial charge in [0.15, 0.2) is 11.5 Å². The van der Waals surface area contributed by atoms with Crippen molar-refractivity contribution in [3.05, 3.63) is 107 Å². The van der Waals surface area contributed by atoms with Crippen LogP contribution in [-0.2, 0) is 9.59 Å². The van der Waals surface area contributed by atoms with Crippen LogP contribution in [0.3, 0.4) is 0 Å². The van der Waals surface area contributed by atoms with Crippen molar-refractivity contribution in [1.82, 2.24) is 0 Å². The number of ketones is 1. The zero-order valence-corrected chi connectivity index (χ0v) is 19.2. The summed E-state index contributed by atoms with van der Waals surface area (Å²) in [5.41, 5.74) is 2.87. The van der Waals surface area contributed by atoms with Gasteiger partial charge in [0.1, 0.15) is 11.5 Å². The average Bonchev–Trinajstić information content (AvgIpc) is 3.12. The van der Waals surface area contributed by atoms with Gasteiger partial charge >= 0.3 is 0 Å². The third-order valence-corrected chi connectivity index (χ3v) is 5.72. The van der Waals surface area contributed by atoms with Crippen molar-refractivity contribution in [2.75, 3.05) is 19.1 Å². The fraction of sp³-hybridized carbons (Fsp3) is 0.143. The first-order chi connectivity index (χ1) is 16.4. The summed E-state index contributed by atoms with van der Waals surface area (Å²) in [6, 6.07) is 21.0. The van der Waals surface area contributed by atoms with Gasteiger partial charge in [-0.05, 0) is 48.4 Å². The van der Waals surface area contributed by atoms with Crippen molar-refractivity contribution >= 4 is 23.5 Å². The number of anilines is 1. The predicted molar refractivity (Wildman–Crippen MR) is 131 cm³/mol. The molecule has 34 heavy (non-hydrogen) atoms. The maximum absolute atomic E-state index is 13.4. The number of aliphatic hydroxyl groups excluding tert-OH is 1. The molecule has 0 aliphatic carbocycles.